The number of rotatable bonds is 3. The molecular formula is C13H18N2O2. The molecule has 0 atom stereocenters. The lowest BCUT2D eigenvalue weighted by Gasteiger charge is -2.31. The summed E-state index contributed by atoms with van der Waals surface area (Å²) in [6.45, 7) is 6.01. The van der Waals surface area contributed by atoms with Gasteiger partial charge in [0.15, 0.2) is 0 Å². The molecule has 2 rings (SSSR count). The van der Waals surface area contributed by atoms with E-state index >= 15 is 0 Å². The largest absolute Gasteiger partial charge is 0.478 e. The molecule has 1 aliphatic rings. The van der Waals surface area contributed by atoms with Gasteiger partial charge >= 0.3 is 5.97 Å². The lowest BCUT2D eigenvalue weighted by atomic mass is 10.0. The maximum atomic E-state index is 10.9. The van der Waals surface area contributed by atoms with Crippen LogP contribution in [0, 0.1) is 0 Å². The van der Waals surface area contributed by atoms with Crippen LogP contribution in [0.3, 0.4) is 0 Å². The lowest BCUT2D eigenvalue weighted by Crippen LogP contribution is -2.43. The first-order valence-corrected chi connectivity index (χ1v) is 6.04. The molecule has 17 heavy (non-hydrogen) atoms. The van der Waals surface area contributed by atoms with Gasteiger partial charge in [0.2, 0.25) is 0 Å². The van der Waals surface area contributed by atoms with E-state index in [1.54, 1.807) is 12.1 Å². The molecular weight excluding hydrogens is 216 g/mol. The average Bonchev–Trinajstić information content (AvgIpc) is 2.39. The highest BCUT2D eigenvalue weighted by molar-refractivity contribution is 5.88. The average molecular weight is 234 g/mol. The van der Waals surface area contributed by atoms with Crippen LogP contribution in [-0.2, 0) is 6.42 Å². The van der Waals surface area contributed by atoms with Crippen molar-refractivity contribution in [1.29, 1.82) is 0 Å². The van der Waals surface area contributed by atoms with Crippen molar-refractivity contribution in [2.75, 3.05) is 31.1 Å². The van der Waals surface area contributed by atoms with Crippen LogP contribution >= 0.6 is 0 Å². The molecule has 1 aromatic carbocycles. The summed E-state index contributed by atoms with van der Waals surface area (Å²) in [5.41, 5.74) is 2.67. The Morgan fingerprint density at radius 1 is 1.41 bits per heavy atom. The molecule has 0 aliphatic carbocycles. The number of benzene rings is 1. The van der Waals surface area contributed by atoms with E-state index in [-0.39, 0.29) is 0 Å². The predicted molar refractivity (Wildman–Crippen MR) is 67.9 cm³/mol. The Balaban J connectivity index is 2.29. The van der Waals surface area contributed by atoms with Gasteiger partial charge in [-0.2, -0.15) is 0 Å². The van der Waals surface area contributed by atoms with Crippen molar-refractivity contribution in [3.05, 3.63) is 29.3 Å². The molecule has 1 fully saturated rings. The Hall–Kier alpha value is -1.55. The number of carboxylic acid groups (broad SMARTS) is 1. The summed E-state index contributed by atoms with van der Waals surface area (Å²) in [6, 6.07) is 5.42. The minimum atomic E-state index is -0.855. The zero-order valence-electron chi connectivity index (χ0n) is 10.1. The Morgan fingerprint density at radius 3 is 2.71 bits per heavy atom. The normalized spacial score (nSPS) is 15.9. The maximum absolute atomic E-state index is 10.9. The van der Waals surface area contributed by atoms with Gasteiger partial charge in [-0.25, -0.2) is 4.79 Å². The third kappa shape index (κ3) is 2.58. The van der Waals surface area contributed by atoms with Crippen molar-refractivity contribution in [2.45, 2.75) is 13.3 Å². The van der Waals surface area contributed by atoms with Crippen molar-refractivity contribution in [3.8, 4) is 0 Å². The predicted octanol–water partition coefficient (Wildman–Crippen LogP) is 1.36. The fourth-order valence-corrected chi connectivity index (χ4v) is 2.22. The Bertz CT molecular complexity index is 412. The number of aryl methyl sites for hydroxylation is 1. The second-order valence-electron chi connectivity index (χ2n) is 4.24. The molecule has 4 nitrogen and oxygen atoms in total. The summed E-state index contributed by atoms with van der Waals surface area (Å²) in [7, 11) is 0. The smallest absolute Gasteiger partial charge is 0.335 e. The fraction of sp³-hybridized carbons (Fsp3) is 0.462. The molecule has 2 N–H and O–H groups in total. The Kier molecular flexibility index (Phi) is 3.64. The first-order chi connectivity index (χ1) is 8.22. The minimum absolute atomic E-state index is 0.376. The molecule has 0 bridgehead atoms. The van der Waals surface area contributed by atoms with Crippen molar-refractivity contribution < 1.29 is 9.90 Å². The number of nitrogens with zero attached hydrogens (tertiary/aromatic N) is 1. The van der Waals surface area contributed by atoms with E-state index in [0.717, 1.165) is 38.2 Å². The van der Waals surface area contributed by atoms with Gasteiger partial charge in [-0.1, -0.05) is 6.92 Å². The Morgan fingerprint density at radius 2 is 2.12 bits per heavy atom. The molecule has 1 saturated heterocycles. The zero-order chi connectivity index (χ0) is 12.3. The van der Waals surface area contributed by atoms with Crippen LogP contribution in [-0.4, -0.2) is 37.3 Å². The molecule has 1 heterocycles. The number of hydrogen-bond acceptors (Lipinski definition) is 3. The SMILES string of the molecule is CCc1cc(C(=O)O)ccc1N1CCNCC1. The second-order valence-corrected chi connectivity index (χ2v) is 4.24. The van der Waals surface area contributed by atoms with Crippen LogP contribution in [0.2, 0.25) is 0 Å². The van der Waals surface area contributed by atoms with Gasteiger partial charge in [0.1, 0.15) is 0 Å². The number of hydrogen-bond donors (Lipinski definition) is 2. The molecule has 0 spiro atoms. The van der Waals surface area contributed by atoms with Crippen LogP contribution < -0.4 is 10.2 Å². The number of nitrogens with one attached hydrogen (secondary N) is 1. The zero-order valence-corrected chi connectivity index (χ0v) is 10.1. The molecule has 0 amide bonds. The minimum Gasteiger partial charge on any atom is -0.478 e. The van der Waals surface area contributed by atoms with Gasteiger partial charge in [-0.15, -0.1) is 0 Å². The van der Waals surface area contributed by atoms with E-state index in [4.69, 9.17) is 5.11 Å². The van der Waals surface area contributed by atoms with Gasteiger partial charge in [0.05, 0.1) is 5.56 Å². The summed E-state index contributed by atoms with van der Waals surface area (Å²) in [6.07, 6.45) is 0.861. The highest BCUT2D eigenvalue weighted by Gasteiger charge is 2.15. The van der Waals surface area contributed by atoms with Gasteiger partial charge in [0.25, 0.3) is 0 Å². The molecule has 0 unspecified atom stereocenters. The van der Waals surface area contributed by atoms with Crippen LogP contribution in [0.4, 0.5) is 5.69 Å². The number of aromatic carboxylic acids is 1. The van der Waals surface area contributed by atoms with Crippen molar-refractivity contribution in [2.24, 2.45) is 0 Å². The highest BCUT2D eigenvalue weighted by atomic mass is 16.4. The topological polar surface area (TPSA) is 52.6 Å². The molecule has 1 aliphatic heterocycles. The van der Waals surface area contributed by atoms with Crippen LogP contribution in [0.15, 0.2) is 18.2 Å². The number of carboxylic acids is 1. The molecule has 0 saturated carbocycles. The van der Waals surface area contributed by atoms with E-state index in [1.807, 2.05) is 6.07 Å². The summed E-state index contributed by atoms with van der Waals surface area (Å²) < 4.78 is 0. The Labute approximate surface area is 101 Å². The quantitative estimate of drug-likeness (QED) is 0.829. The molecule has 0 aromatic heterocycles. The van der Waals surface area contributed by atoms with Gasteiger partial charge in [-0.3, -0.25) is 0 Å². The molecule has 4 heteroatoms. The second kappa shape index (κ2) is 5.19. The summed E-state index contributed by atoms with van der Waals surface area (Å²) in [4.78, 5) is 13.3. The third-order valence-corrected chi connectivity index (χ3v) is 3.17. The molecule has 1 aromatic rings. The van der Waals surface area contributed by atoms with Gasteiger partial charge < -0.3 is 15.3 Å². The first kappa shape index (κ1) is 11.9. The van der Waals surface area contributed by atoms with Crippen molar-refractivity contribution in [1.82, 2.24) is 5.32 Å². The van der Waals surface area contributed by atoms with E-state index in [2.05, 4.69) is 17.1 Å². The lowest BCUT2D eigenvalue weighted by molar-refractivity contribution is 0.0697. The first-order valence-electron chi connectivity index (χ1n) is 6.04. The standard InChI is InChI=1S/C13H18N2O2/c1-2-10-9-11(13(16)17)3-4-12(10)15-7-5-14-6-8-15/h3-4,9,14H,2,5-8H2,1H3,(H,16,17). The van der Waals surface area contributed by atoms with Crippen LogP contribution in [0.5, 0.6) is 0 Å². The van der Waals surface area contributed by atoms with Crippen molar-refractivity contribution in [3.63, 3.8) is 0 Å². The number of anilines is 1. The maximum Gasteiger partial charge on any atom is 0.335 e. The van der Waals surface area contributed by atoms with Gasteiger partial charge in [-0.05, 0) is 30.2 Å². The van der Waals surface area contributed by atoms with E-state index < -0.39 is 5.97 Å². The fourth-order valence-electron chi connectivity index (χ4n) is 2.22. The third-order valence-electron chi connectivity index (χ3n) is 3.17. The van der Waals surface area contributed by atoms with Crippen LogP contribution in [0.25, 0.3) is 0 Å². The summed E-state index contributed by atoms with van der Waals surface area (Å²) in [5.74, 6) is -0.855. The summed E-state index contributed by atoms with van der Waals surface area (Å²) >= 11 is 0. The molecule has 0 radical (unpaired) electrons. The van der Waals surface area contributed by atoms with Crippen molar-refractivity contribution >= 4 is 11.7 Å². The number of carbonyl (C=O) groups is 1. The molecule has 92 valence electrons. The van der Waals surface area contributed by atoms with Crippen LogP contribution in [0.1, 0.15) is 22.8 Å². The number of piperazine rings is 1. The monoisotopic (exact) mass is 234 g/mol. The van der Waals surface area contributed by atoms with Gasteiger partial charge in [0, 0.05) is 31.9 Å². The summed E-state index contributed by atoms with van der Waals surface area (Å²) in [5, 5.41) is 12.3. The van der Waals surface area contributed by atoms with E-state index in [1.165, 1.54) is 5.69 Å². The van der Waals surface area contributed by atoms with E-state index in [9.17, 15) is 4.79 Å². The van der Waals surface area contributed by atoms with E-state index in [0.29, 0.717) is 5.56 Å². The highest BCUT2D eigenvalue weighted by Crippen LogP contribution is 2.23.